The van der Waals surface area contributed by atoms with E-state index in [2.05, 4.69) is 5.32 Å². The fourth-order valence-corrected chi connectivity index (χ4v) is 2.07. The maximum atomic E-state index is 12.2. The molecule has 0 fully saturated rings. The Balaban J connectivity index is 2.18. The maximum Gasteiger partial charge on any atom is 0.375 e. The van der Waals surface area contributed by atoms with Gasteiger partial charge < -0.3 is 19.2 Å². The van der Waals surface area contributed by atoms with Crippen LogP contribution in [0.2, 0.25) is 0 Å². The van der Waals surface area contributed by atoms with Crippen LogP contribution >= 0.6 is 0 Å². The number of ether oxygens (including phenoxy) is 2. The molecule has 2 rings (SSSR count). The molecule has 0 aliphatic carbocycles. The second-order valence-corrected chi connectivity index (χ2v) is 5.03. The van der Waals surface area contributed by atoms with Crippen molar-refractivity contribution in [3.05, 3.63) is 29.5 Å². The minimum Gasteiger partial charge on any atom is -0.497 e. The number of carbonyl (C=O) groups is 3. The van der Waals surface area contributed by atoms with E-state index < -0.39 is 24.0 Å². The Bertz CT molecular complexity index is 795. The van der Waals surface area contributed by atoms with Crippen molar-refractivity contribution in [1.29, 1.82) is 0 Å². The van der Waals surface area contributed by atoms with Gasteiger partial charge in [-0.15, -0.1) is 0 Å². The highest BCUT2D eigenvalue weighted by Crippen LogP contribution is 2.29. The molecule has 0 aliphatic heterocycles. The third kappa shape index (κ3) is 3.48. The summed E-state index contributed by atoms with van der Waals surface area (Å²) in [5.74, 6) is -0.900. The van der Waals surface area contributed by atoms with Gasteiger partial charge in [0.05, 0.1) is 7.11 Å². The van der Waals surface area contributed by atoms with Gasteiger partial charge in [0.15, 0.2) is 6.10 Å². The van der Waals surface area contributed by atoms with Crippen molar-refractivity contribution in [2.24, 2.45) is 0 Å². The van der Waals surface area contributed by atoms with E-state index in [1.165, 1.54) is 14.0 Å². The summed E-state index contributed by atoms with van der Waals surface area (Å²) in [4.78, 5) is 35.1. The first-order chi connectivity index (χ1) is 11.4. The molecule has 3 amide bonds. The zero-order valence-corrected chi connectivity index (χ0v) is 13.8. The molecule has 0 saturated heterocycles. The zero-order chi connectivity index (χ0) is 17.9. The lowest BCUT2D eigenvalue weighted by Crippen LogP contribution is -2.43. The van der Waals surface area contributed by atoms with E-state index in [9.17, 15) is 14.4 Å². The molecule has 8 nitrogen and oxygen atoms in total. The van der Waals surface area contributed by atoms with Gasteiger partial charge in [-0.1, -0.05) is 0 Å². The smallest absolute Gasteiger partial charge is 0.375 e. The van der Waals surface area contributed by atoms with Crippen molar-refractivity contribution in [2.75, 3.05) is 14.2 Å². The van der Waals surface area contributed by atoms with Gasteiger partial charge in [0.1, 0.15) is 11.3 Å². The van der Waals surface area contributed by atoms with Crippen LogP contribution in [-0.2, 0) is 9.53 Å². The molecule has 2 N–H and O–H groups in total. The average Bonchev–Trinajstić information content (AvgIpc) is 2.90. The quantitative estimate of drug-likeness (QED) is 0.825. The van der Waals surface area contributed by atoms with E-state index in [0.717, 1.165) is 0 Å². The van der Waals surface area contributed by atoms with Crippen LogP contribution in [-0.4, -0.2) is 38.2 Å². The summed E-state index contributed by atoms with van der Waals surface area (Å²) in [6.07, 6.45) is -1.16. The Morgan fingerprint density at radius 1 is 1.25 bits per heavy atom. The van der Waals surface area contributed by atoms with E-state index in [-0.39, 0.29) is 5.76 Å². The lowest BCUT2D eigenvalue weighted by Gasteiger charge is -2.11. The monoisotopic (exact) mass is 334 g/mol. The van der Waals surface area contributed by atoms with E-state index in [0.29, 0.717) is 22.3 Å². The summed E-state index contributed by atoms with van der Waals surface area (Å²) in [6, 6.07) is 4.45. The number of furan rings is 1. The summed E-state index contributed by atoms with van der Waals surface area (Å²) in [7, 11) is 2.91. The van der Waals surface area contributed by atoms with Crippen LogP contribution in [0.25, 0.3) is 11.0 Å². The van der Waals surface area contributed by atoms with Crippen molar-refractivity contribution >= 4 is 28.9 Å². The van der Waals surface area contributed by atoms with Crippen LogP contribution in [0.1, 0.15) is 23.0 Å². The zero-order valence-electron chi connectivity index (χ0n) is 13.8. The summed E-state index contributed by atoms with van der Waals surface area (Å²) < 4.78 is 15.7. The predicted molar refractivity (Wildman–Crippen MR) is 85.0 cm³/mol. The molecular weight excluding hydrogens is 316 g/mol. The molecule has 1 aromatic carbocycles. The van der Waals surface area contributed by atoms with Gasteiger partial charge in [0.2, 0.25) is 5.76 Å². The van der Waals surface area contributed by atoms with Crippen LogP contribution in [0, 0.1) is 6.92 Å². The van der Waals surface area contributed by atoms with E-state index in [1.54, 1.807) is 32.2 Å². The molecule has 0 unspecified atom stereocenters. The van der Waals surface area contributed by atoms with Gasteiger partial charge in [0.25, 0.3) is 5.91 Å². The standard InChI is InChI=1S/C16H18N2O6/c1-8-11-7-10(22-4)5-6-12(11)24-13(8)15(20)23-9(2)14(19)18-16(21)17-3/h5-7,9H,1-4H3,(H2,17,18,19,21)/t9-/m0/s1. The fraction of sp³-hybridized carbons (Fsp3) is 0.312. The Hall–Kier alpha value is -3.03. The largest absolute Gasteiger partial charge is 0.497 e. The van der Waals surface area contributed by atoms with Crippen LogP contribution in [0.4, 0.5) is 4.79 Å². The van der Waals surface area contributed by atoms with Crippen LogP contribution in [0.3, 0.4) is 0 Å². The van der Waals surface area contributed by atoms with Gasteiger partial charge in [-0.05, 0) is 32.0 Å². The van der Waals surface area contributed by atoms with Crippen LogP contribution in [0.5, 0.6) is 5.75 Å². The number of fused-ring (bicyclic) bond motifs is 1. The lowest BCUT2D eigenvalue weighted by atomic mass is 10.1. The number of urea groups is 1. The summed E-state index contributed by atoms with van der Waals surface area (Å²) in [6.45, 7) is 3.06. The molecule has 2 aromatic rings. The number of imide groups is 1. The molecule has 1 heterocycles. The fourth-order valence-electron chi connectivity index (χ4n) is 2.07. The molecule has 8 heteroatoms. The topological polar surface area (TPSA) is 107 Å². The van der Waals surface area contributed by atoms with Crippen LogP contribution < -0.4 is 15.4 Å². The summed E-state index contributed by atoms with van der Waals surface area (Å²) in [5, 5.41) is 4.97. The number of carbonyl (C=O) groups excluding carboxylic acids is 3. The number of methoxy groups -OCH3 is 1. The highest BCUT2D eigenvalue weighted by molar-refractivity contribution is 6.00. The third-order valence-electron chi connectivity index (χ3n) is 3.45. The minimum atomic E-state index is -1.16. The Morgan fingerprint density at radius 2 is 1.96 bits per heavy atom. The number of esters is 1. The molecular formula is C16H18N2O6. The Morgan fingerprint density at radius 3 is 2.58 bits per heavy atom. The van der Waals surface area contributed by atoms with Gasteiger partial charge >= 0.3 is 12.0 Å². The normalized spacial score (nSPS) is 11.7. The Kier molecular flexibility index (Phi) is 5.08. The number of hydrogen-bond donors (Lipinski definition) is 2. The van der Waals surface area contributed by atoms with E-state index in [4.69, 9.17) is 13.9 Å². The number of amides is 3. The van der Waals surface area contributed by atoms with Crippen molar-refractivity contribution in [1.82, 2.24) is 10.6 Å². The van der Waals surface area contributed by atoms with Crippen molar-refractivity contribution < 1.29 is 28.3 Å². The minimum absolute atomic E-state index is 0.00199. The number of rotatable bonds is 4. The first-order valence-corrected chi connectivity index (χ1v) is 7.18. The maximum absolute atomic E-state index is 12.2. The number of benzene rings is 1. The highest BCUT2D eigenvalue weighted by atomic mass is 16.6. The third-order valence-corrected chi connectivity index (χ3v) is 3.45. The van der Waals surface area contributed by atoms with Gasteiger partial charge in [-0.3, -0.25) is 10.1 Å². The van der Waals surface area contributed by atoms with Crippen molar-refractivity contribution in [3.63, 3.8) is 0 Å². The van der Waals surface area contributed by atoms with E-state index >= 15 is 0 Å². The molecule has 0 radical (unpaired) electrons. The molecule has 0 bridgehead atoms. The van der Waals surface area contributed by atoms with Gasteiger partial charge in [-0.2, -0.15) is 0 Å². The average molecular weight is 334 g/mol. The second-order valence-electron chi connectivity index (χ2n) is 5.03. The molecule has 0 aliphatic rings. The van der Waals surface area contributed by atoms with E-state index in [1.807, 2.05) is 5.32 Å². The number of aryl methyl sites for hydroxylation is 1. The summed E-state index contributed by atoms with van der Waals surface area (Å²) in [5.41, 5.74) is 1.08. The molecule has 128 valence electrons. The predicted octanol–water partition coefficient (Wildman–Crippen LogP) is 1.75. The molecule has 0 spiro atoms. The number of nitrogens with one attached hydrogen (secondary N) is 2. The molecule has 24 heavy (non-hydrogen) atoms. The van der Waals surface area contributed by atoms with Crippen molar-refractivity contribution in [3.8, 4) is 5.75 Å². The SMILES string of the molecule is CNC(=O)NC(=O)[C@H](C)OC(=O)c1oc2ccc(OC)cc2c1C. The van der Waals surface area contributed by atoms with Gasteiger partial charge in [0, 0.05) is 18.0 Å². The van der Waals surface area contributed by atoms with Crippen LogP contribution in [0.15, 0.2) is 22.6 Å². The molecule has 0 saturated carbocycles. The Labute approximate surface area is 138 Å². The van der Waals surface area contributed by atoms with Gasteiger partial charge in [-0.25, -0.2) is 9.59 Å². The first kappa shape index (κ1) is 17.3. The summed E-state index contributed by atoms with van der Waals surface area (Å²) >= 11 is 0. The molecule has 1 atom stereocenters. The van der Waals surface area contributed by atoms with Crippen molar-refractivity contribution in [2.45, 2.75) is 20.0 Å². The molecule has 1 aromatic heterocycles. The first-order valence-electron chi connectivity index (χ1n) is 7.18. The second kappa shape index (κ2) is 7.03. The number of hydrogen-bond acceptors (Lipinski definition) is 6. The highest BCUT2D eigenvalue weighted by Gasteiger charge is 2.25. The lowest BCUT2D eigenvalue weighted by molar-refractivity contribution is -0.128.